The van der Waals surface area contributed by atoms with Crippen LogP contribution in [0, 0.1) is 0 Å². The van der Waals surface area contributed by atoms with Gasteiger partial charge in [0.2, 0.25) is 11.0 Å². The van der Waals surface area contributed by atoms with Crippen molar-refractivity contribution in [1.82, 2.24) is 10.2 Å². The molecule has 1 amide bonds. The quantitative estimate of drug-likeness (QED) is 0.168. The molecule has 1 aliphatic heterocycles. The highest BCUT2D eigenvalue weighted by atomic mass is 32.2. The molecule has 30 heavy (non-hydrogen) atoms. The summed E-state index contributed by atoms with van der Waals surface area (Å²) >= 11 is 2.14. The molecule has 1 aromatic rings. The Hall–Kier alpha value is -1.08. The average molecular weight is 462 g/mol. The van der Waals surface area contributed by atoms with Crippen molar-refractivity contribution in [2.75, 3.05) is 11.9 Å². The number of rotatable bonds is 13. The van der Waals surface area contributed by atoms with E-state index in [-0.39, 0.29) is 5.91 Å². The zero-order valence-electron chi connectivity index (χ0n) is 16.9. The minimum absolute atomic E-state index is 0.123. The molecule has 2 heterocycles. The largest absolute Gasteiger partial charge is 0.394 e. The number of ether oxygens (including phenoxy) is 1. The number of aromatic nitrogens is 2. The molecule has 5 atom stereocenters. The number of allylic oxidation sites excluding steroid dienone is 1. The van der Waals surface area contributed by atoms with Gasteiger partial charge in [0.25, 0.3) is 0 Å². The van der Waals surface area contributed by atoms with Gasteiger partial charge in [-0.25, -0.2) is 0 Å². The summed E-state index contributed by atoms with van der Waals surface area (Å²) in [4.78, 5) is 12.1. The van der Waals surface area contributed by atoms with Crippen LogP contribution in [0.15, 0.2) is 17.0 Å². The van der Waals surface area contributed by atoms with E-state index in [4.69, 9.17) is 4.74 Å². The summed E-state index contributed by atoms with van der Waals surface area (Å²) in [7, 11) is 0. The molecular formula is C19H31N3O6S2. The van der Waals surface area contributed by atoms with Gasteiger partial charge in [0, 0.05) is 6.42 Å². The molecule has 0 saturated carbocycles. The Bertz CT molecular complexity index is 660. The first kappa shape index (κ1) is 25.2. The number of thioether (sulfide) groups is 1. The topological polar surface area (TPSA) is 145 Å². The van der Waals surface area contributed by atoms with Gasteiger partial charge >= 0.3 is 0 Å². The van der Waals surface area contributed by atoms with Crippen LogP contribution in [-0.4, -0.2) is 73.0 Å². The first-order valence-corrected chi connectivity index (χ1v) is 11.9. The third kappa shape index (κ3) is 7.88. The lowest BCUT2D eigenvalue weighted by molar-refractivity contribution is -0.205. The second-order valence-electron chi connectivity index (χ2n) is 7.19. The summed E-state index contributed by atoms with van der Waals surface area (Å²) < 4.78 is 5.86. The maximum absolute atomic E-state index is 12.1. The Morgan fingerprint density at radius 3 is 2.50 bits per heavy atom. The molecule has 1 saturated heterocycles. The van der Waals surface area contributed by atoms with Gasteiger partial charge in [-0.2, -0.15) is 0 Å². The molecule has 170 valence electrons. The third-order valence-electron chi connectivity index (χ3n) is 4.78. The first-order chi connectivity index (χ1) is 14.5. The maximum atomic E-state index is 12.1. The number of aliphatic hydroxyl groups is 4. The predicted molar refractivity (Wildman–Crippen MR) is 115 cm³/mol. The van der Waals surface area contributed by atoms with Crippen molar-refractivity contribution in [3.05, 3.63) is 12.7 Å². The van der Waals surface area contributed by atoms with Crippen LogP contribution >= 0.6 is 23.1 Å². The summed E-state index contributed by atoms with van der Waals surface area (Å²) in [5.41, 5.74) is -0.927. The molecule has 0 spiro atoms. The van der Waals surface area contributed by atoms with Crippen molar-refractivity contribution in [3.8, 4) is 0 Å². The van der Waals surface area contributed by atoms with E-state index < -0.39 is 36.5 Å². The molecule has 0 aromatic carbocycles. The molecule has 11 heteroatoms. The molecule has 0 aliphatic carbocycles. The molecule has 0 unspecified atom stereocenters. The van der Waals surface area contributed by atoms with Gasteiger partial charge < -0.3 is 30.5 Å². The monoisotopic (exact) mass is 461 g/mol. The summed E-state index contributed by atoms with van der Waals surface area (Å²) in [6, 6.07) is 0. The molecule has 0 radical (unpaired) electrons. The number of unbranched alkanes of at least 4 members (excludes halogenated alkanes) is 6. The minimum Gasteiger partial charge on any atom is -0.394 e. The second-order valence-corrected chi connectivity index (χ2v) is 9.51. The van der Waals surface area contributed by atoms with Crippen molar-refractivity contribution >= 4 is 34.1 Å². The minimum atomic E-state index is -1.44. The number of nitrogens with zero attached hydrogens (tertiary/aromatic N) is 2. The normalized spacial score (nSPS) is 26.5. The lowest BCUT2D eigenvalue weighted by atomic mass is 10.0. The Labute approximate surface area is 184 Å². The van der Waals surface area contributed by atoms with Crippen LogP contribution in [0.1, 0.15) is 51.4 Å². The van der Waals surface area contributed by atoms with Crippen LogP contribution in [0.25, 0.3) is 0 Å². The molecule has 1 fully saturated rings. The molecule has 1 aliphatic rings. The van der Waals surface area contributed by atoms with Gasteiger partial charge in [-0.1, -0.05) is 54.9 Å². The van der Waals surface area contributed by atoms with Gasteiger partial charge in [0.05, 0.1) is 6.61 Å². The summed E-state index contributed by atoms with van der Waals surface area (Å²) in [6.45, 7) is 3.22. The van der Waals surface area contributed by atoms with Gasteiger partial charge in [-0.15, -0.1) is 16.8 Å². The molecule has 2 rings (SSSR count). The SMILES string of the molecule is C=CCCCCCCCCC(=O)Nc1nnc(S[C@@H]2O[C@H](CO)[C@H](O)[C@H](O)[C@H]2O)s1. The van der Waals surface area contributed by atoms with Crippen LogP contribution in [0.3, 0.4) is 0 Å². The molecule has 9 nitrogen and oxygen atoms in total. The fourth-order valence-electron chi connectivity index (χ4n) is 3.04. The highest BCUT2D eigenvalue weighted by molar-refractivity contribution is 8.01. The fourth-order valence-corrected chi connectivity index (χ4v) is 5.03. The Morgan fingerprint density at radius 1 is 1.10 bits per heavy atom. The van der Waals surface area contributed by atoms with Crippen LogP contribution < -0.4 is 5.32 Å². The van der Waals surface area contributed by atoms with Crippen molar-refractivity contribution in [2.45, 2.75) is 85.6 Å². The van der Waals surface area contributed by atoms with Gasteiger partial charge in [-0.05, 0) is 19.3 Å². The average Bonchev–Trinajstić information content (AvgIpc) is 3.17. The highest BCUT2D eigenvalue weighted by Crippen LogP contribution is 2.35. The maximum Gasteiger partial charge on any atom is 0.226 e. The number of anilines is 1. The fraction of sp³-hybridized carbons (Fsp3) is 0.737. The number of aliphatic hydroxyl groups excluding tert-OH is 4. The zero-order chi connectivity index (χ0) is 21.9. The van der Waals surface area contributed by atoms with E-state index in [0.29, 0.717) is 15.9 Å². The Morgan fingerprint density at radius 2 is 1.80 bits per heavy atom. The van der Waals surface area contributed by atoms with E-state index in [1.807, 2.05) is 6.08 Å². The lowest BCUT2D eigenvalue weighted by Gasteiger charge is -2.39. The van der Waals surface area contributed by atoms with Crippen LogP contribution in [0.4, 0.5) is 5.13 Å². The van der Waals surface area contributed by atoms with E-state index in [1.54, 1.807) is 0 Å². The second kappa shape index (κ2) is 13.4. The third-order valence-corrected chi connectivity index (χ3v) is 6.86. The summed E-state index contributed by atoms with van der Waals surface area (Å²) in [5.74, 6) is -0.123. The zero-order valence-corrected chi connectivity index (χ0v) is 18.5. The van der Waals surface area contributed by atoms with Crippen LogP contribution in [0.5, 0.6) is 0 Å². The molecule has 5 N–H and O–H groups in total. The molecule has 0 bridgehead atoms. The smallest absolute Gasteiger partial charge is 0.226 e. The lowest BCUT2D eigenvalue weighted by Crippen LogP contribution is -2.57. The highest BCUT2D eigenvalue weighted by Gasteiger charge is 2.44. The van der Waals surface area contributed by atoms with Gasteiger partial charge in [0.15, 0.2) is 4.34 Å². The van der Waals surface area contributed by atoms with E-state index in [2.05, 4.69) is 22.1 Å². The molecular weight excluding hydrogens is 430 g/mol. The summed E-state index contributed by atoms with van der Waals surface area (Å²) in [5, 5.41) is 49.9. The van der Waals surface area contributed by atoms with Crippen LogP contribution in [0.2, 0.25) is 0 Å². The number of hydrogen-bond donors (Lipinski definition) is 5. The van der Waals surface area contributed by atoms with Crippen molar-refractivity contribution in [2.24, 2.45) is 0 Å². The van der Waals surface area contributed by atoms with Crippen molar-refractivity contribution < 1.29 is 30.0 Å². The number of carbonyl (C=O) groups is 1. The first-order valence-electron chi connectivity index (χ1n) is 10.2. The Balaban J connectivity index is 1.70. The number of carbonyl (C=O) groups excluding carboxylic acids is 1. The predicted octanol–water partition coefficient (Wildman–Crippen LogP) is 1.68. The standard InChI is InChI=1S/C19H31N3O6S2/c1-2-3-4-5-6-7-8-9-10-13(24)20-18-21-22-19(30-18)29-17-16(27)15(26)14(25)12(11-23)28-17/h2,12,14-17,23,25-27H,1,3-11H2,(H,20,21,24)/t12-,14+,15+,16-,17+/m1/s1. The van der Waals surface area contributed by atoms with E-state index in [1.165, 1.54) is 19.3 Å². The van der Waals surface area contributed by atoms with Gasteiger partial charge in [0.1, 0.15) is 29.9 Å². The number of hydrogen-bond acceptors (Lipinski definition) is 10. The van der Waals surface area contributed by atoms with Crippen molar-refractivity contribution in [3.63, 3.8) is 0 Å². The van der Waals surface area contributed by atoms with Gasteiger partial charge in [-0.3, -0.25) is 4.79 Å². The van der Waals surface area contributed by atoms with Crippen LogP contribution in [-0.2, 0) is 9.53 Å². The van der Waals surface area contributed by atoms with E-state index in [0.717, 1.165) is 48.8 Å². The molecule has 1 aromatic heterocycles. The Kier molecular flexibility index (Phi) is 11.2. The van der Waals surface area contributed by atoms with E-state index in [9.17, 15) is 25.2 Å². The van der Waals surface area contributed by atoms with Crippen molar-refractivity contribution in [1.29, 1.82) is 0 Å². The number of amides is 1. The van der Waals surface area contributed by atoms with E-state index >= 15 is 0 Å². The summed E-state index contributed by atoms with van der Waals surface area (Å²) in [6.07, 6.45) is 4.71. The number of nitrogens with one attached hydrogen (secondary N) is 1.